The predicted octanol–water partition coefficient (Wildman–Crippen LogP) is 4.19. The first-order valence-corrected chi connectivity index (χ1v) is 9.14. The molecule has 26 heavy (non-hydrogen) atoms. The molecule has 0 aliphatic heterocycles. The summed E-state index contributed by atoms with van der Waals surface area (Å²) in [7, 11) is 0. The number of H-pyrrole nitrogens is 1. The molecule has 1 aliphatic rings. The summed E-state index contributed by atoms with van der Waals surface area (Å²) in [4.78, 5) is 15.9. The van der Waals surface area contributed by atoms with Crippen LogP contribution >= 0.6 is 0 Å². The van der Waals surface area contributed by atoms with E-state index < -0.39 is 0 Å². The van der Waals surface area contributed by atoms with Gasteiger partial charge in [-0.2, -0.15) is 5.10 Å². The molecule has 5 heteroatoms. The Labute approximate surface area is 153 Å². The molecule has 134 valence electrons. The van der Waals surface area contributed by atoms with E-state index in [1.54, 1.807) is 0 Å². The van der Waals surface area contributed by atoms with E-state index >= 15 is 0 Å². The smallest absolute Gasteiger partial charge is 0.253 e. The highest BCUT2D eigenvalue weighted by Crippen LogP contribution is 2.40. The quantitative estimate of drug-likeness (QED) is 0.726. The Bertz CT molecular complexity index is 931. The predicted molar refractivity (Wildman–Crippen MR) is 102 cm³/mol. The maximum Gasteiger partial charge on any atom is 0.253 e. The number of carbonyl (C=O) groups is 1. The number of amides is 1. The molecule has 1 aromatic carbocycles. The number of carbonyl (C=O) groups excluding carboxylic acids is 1. The molecule has 1 atom stereocenters. The standard InChI is InChI=1S/C21H24N4O/c1-13-12-14(2)25(24-13)18-8-6-16(7-9-18)15(3)23-21(26)19-10-11-22-20(19)17-4-5-17/h6-12,15,17,22H,4-5H2,1-3H3,(H,23,26)/t15-/m0/s1. The summed E-state index contributed by atoms with van der Waals surface area (Å²) in [6.45, 7) is 6.05. The zero-order chi connectivity index (χ0) is 18.3. The zero-order valence-corrected chi connectivity index (χ0v) is 15.4. The third kappa shape index (κ3) is 3.17. The van der Waals surface area contributed by atoms with Gasteiger partial charge in [0.1, 0.15) is 0 Å². The third-order valence-corrected chi connectivity index (χ3v) is 5.00. The lowest BCUT2D eigenvalue weighted by Crippen LogP contribution is -2.27. The number of aromatic nitrogens is 3. The van der Waals surface area contributed by atoms with E-state index in [1.807, 2.05) is 49.8 Å². The molecule has 1 fully saturated rings. The molecule has 4 rings (SSSR count). The van der Waals surface area contributed by atoms with Crippen molar-refractivity contribution < 1.29 is 4.79 Å². The highest BCUT2D eigenvalue weighted by atomic mass is 16.1. The highest BCUT2D eigenvalue weighted by molar-refractivity contribution is 5.96. The van der Waals surface area contributed by atoms with E-state index in [2.05, 4.69) is 33.6 Å². The van der Waals surface area contributed by atoms with Crippen molar-refractivity contribution >= 4 is 5.91 Å². The lowest BCUT2D eigenvalue weighted by molar-refractivity contribution is 0.0939. The van der Waals surface area contributed by atoms with Gasteiger partial charge in [0.2, 0.25) is 0 Å². The fourth-order valence-electron chi connectivity index (χ4n) is 3.44. The zero-order valence-electron chi connectivity index (χ0n) is 15.4. The van der Waals surface area contributed by atoms with Gasteiger partial charge in [-0.15, -0.1) is 0 Å². The Morgan fingerprint density at radius 3 is 2.58 bits per heavy atom. The second-order valence-corrected chi connectivity index (χ2v) is 7.20. The molecule has 2 aromatic heterocycles. The lowest BCUT2D eigenvalue weighted by atomic mass is 10.1. The van der Waals surface area contributed by atoms with E-state index in [-0.39, 0.29) is 11.9 Å². The molecule has 0 radical (unpaired) electrons. The van der Waals surface area contributed by atoms with Crippen molar-refractivity contribution in [1.82, 2.24) is 20.1 Å². The van der Waals surface area contributed by atoms with Gasteiger partial charge in [-0.3, -0.25) is 4.79 Å². The fourth-order valence-corrected chi connectivity index (χ4v) is 3.44. The number of nitrogens with zero attached hydrogens (tertiary/aromatic N) is 2. The van der Waals surface area contributed by atoms with Gasteiger partial charge < -0.3 is 10.3 Å². The molecular formula is C21H24N4O. The second-order valence-electron chi connectivity index (χ2n) is 7.20. The number of aromatic amines is 1. The number of nitrogens with one attached hydrogen (secondary N) is 2. The van der Waals surface area contributed by atoms with E-state index in [4.69, 9.17) is 0 Å². The van der Waals surface area contributed by atoms with Crippen LogP contribution in [-0.2, 0) is 0 Å². The van der Waals surface area contributed by atoms with Crippen LogP contribution in [0.15, 0.2) is 42.6 Å². The van der Waals surface area contributed by atoms with Gasteiger partial charge in [-0.25, -0.2) is 4.68 Å². The lowest BCUT2D eigenvalue weighted by Gasteiger charge is -2.15. The molecule has 2 heterocycles. The summed E-state index contributed by atoms with van der Waals surface area (Å²) < 4.78 is 1.93. The van der Waals surface area contributed by atoms with Gasteiger partial charge in [0, 0.05) is 17.6 Å². The molecule has 5 nitrogen and oxygen atoms in total. The molecule has 1 saturated carbocycles. The molecule has 0 spiro atoms. The summed E-state index contributed by atoms with van der Waals surface area (Å²) in [6.07, 6.45) is 4.20. The maximum atomic E-state index is 12.6. The van der Waals surface area contributed by atoms with Crippen LogP contribution in [0.25, 0.3) is 5.69 Å². The number of aryl methyl sites for hydroxylation is 2. The van der Waals surface area contributed by atoms with Crippen molar-refractivity contribution in [2.45, 2.75) is 45.6 Å². The topological polar surface area (TPSA) is 62.7 Å². The van der Waals surface area contributed by atoms with Crippen LogP contribution in [0.1, 0.15) is 64.7 Å². The van der Waals surface area contributed by atoms with Crippen LogP contribution < -0.4 is 5.32 Å². The summed E-state index contributed by atoms with van der Waals surface area (Å²) in [5.74, 6) is 0.518. The summed E-state index contributed by atoms with van der Waals surface area (Å²) in [5, 5.41) is 7.63. The van der Waals surface area contributed by atoms with Crippen molar-refractivity contribution in [3.8, 4) is 5.69 Å². The normalized spacial score (nSPS) is 15.0. The van der Waals surface area contributed by atoms with E-state index in [0.717, 1.165) is 33.9 Å². The average molecular weight is 348 g/mol. The molecule has 1 aliphatic carbocycles. The van der Waals surface area contributed by atoms with Crippen LogP contribution in [0.4, 0.5) is 0 Å². The second kappa shape index (κ2) is 6.48. The number of rotatable bonds is 5. The Hall–Kier alpha value is -2.82. The Balaban J connectivity index is 1.48. The Morgan fingerprint density at radius 2 is 1.96 bits per heavy atom. The highest BCUT2D eigenvalue weighted by Gasteiger charge is 2.29. The molecule has 0 bridgehead atoms. The largest absolute Gasteiger partial charge is 0.364 e. The minimum absolute atomic E-state index is 0.0109. The van der Waals surface area contributed by atoms with Gasteiger partial charge in [0.15, 0.2) is 0 Å². The van der Waals surface area contributed by atoms with Gasteiger partial charge in [-0.1, -0.05) is 12.1 Å². The average Bonchev–Trinajstić information content (AvgIpc) is 3.25. The van der Waals surface area contributed by atoms with Gasteiger partial charge in [0.25, 0.3) is 5.91 Å². The molecule has 0 saturated heterocycles. The van der Waals surface area contributed by atoms with Crippen LogP contribution in [-0.4, -0.2) is 20.7 Å². The Morgan fingerprint density at radius 1 is 1.23 bits per heavy atom. The number of hydrogen-bond donors (Lipinski definition) is 2. The van der Waals surface area contributed by atoms with Crippen LogP contribution in [0.3, 0.4) is 0 Å². The first-order valence-electron chi connectivity index (χ1n) is 9.14. The van der Waals surface area contributed by atoms with Crippen LogP contribution in [0.2, 0.25) is 0 Å². The van der Waals surface area contributed by atoms with Crippen molar-refractivity contribution in [2.24, 2.45) is 0 Å². The molecule has 3 aromatic rings. The van der Waals surface area contributed by atoms with E-state index in [9.17, 15) is 4.79 Å². The van der Waals surface area contributed by atoms with Crippen molar-refractivity contribution in [3.63, 3.8) is 0 Å². The first kappa shape index (κ1) is 16.6. The first-order chi connectivity index (χ1) is 12.5. The molecule has 0 unspecified atom stereocenters. The molecule has 1 amide bonds. The number of hydrogen-bond acceptors (Lipinski definition) is 2. The van der Waals surface area contributed by atoms with Gasteiger partial charge in [0.05, 0.1) is 23.0 Å². The minimum atomic E-state index is -0.0565. The van der Waals surface area contributed by atoms with E-state index in [1.165, 1.54) is 12.8 Å². The van der Waals surface area contributed by atoms with Crippen molar-refractivity contribution in [2.75, 3.05) is 0 Å². The molecular weight excluding hydrogens is 324 g/mol. The summed E-state index contributed by atoms with van der Waals surface area (Å²) >= 11 is 0. The monoisotopic (exact) mass is 348 g/mol. The summed E-state index contributed by atoms with van der Waals surface area (Å²) in [6, 6.07) is 12.1. The van der Waals surface area contributed by atoms with Gasteiger partial charge in [-0.05, 0) is 69.4 Å². The maximum absolute atomic E-state index is 12.6. The summed E-state index contributed by atoms with van der Waals surface area (Å²) in [5.41, 5.74) is 6.07. The Kier molecular flexibility index (Phi) is 4.15. The van der Waals surface area contributed by atoms with Crippen molar-refractivity contribution in [3.05, 3.63) is 70.8 Å². The third-order valence-electron chi connectivity index (χ3n) is 5.00. The SMILES string of the molecule is Cc1cc(C)n(-c2ccc([C@H](C)NC(=O)c3cc[nH]c3C3CC3)cc2)n1. The van der Waals surface area contributed by atoms with E-state index in [0.29, 0.717) is 5.92 Å². The van der Waals surface area contributed by atoms with Crippen LogP contribution in [0.5, 0.6) is 0 Å². The van der Waals surface area contributed by atoms with Crippen LogP contribution in [0, 0.1) is 13.8 Å². The fraction of sp³-hybridized carbons (Fsp3) is 0.333. The van der Waals surface area contributed by atoms with Crippen molar-refractivity contribution in [1.29, 1.82) is 0 Å². The minimum Gasteiger partial charge on any atom is -0.364 e. The van der Waals surface area contributed by atoms with Gasteiger partial charge >= 0.3 is 0 Å². The molecule has 2 N–H and O–H groups in total. The number of benzene rings is 1.